The number of carbonyl (C=O) groups is 2. The lowest BCUT2D eigenvalue weighted by molar-refractivity contribution is -0.164. The lowest BCUT2D eigenvalue weighted by Crippen LogP contribution is -2.49. The number of hydrogen-bond acceptors (Lipinski definition) is 8. The van der Waals surface area contributed by atoms with Crippen LogP contribution >= 0.6 is 22.9 Å². The highest BCUT2D eigenvalue weighted by molar-refractivity contribution is 7.19. The fraction of sp³-hybridized carbons (Fsp3) is 0.387. The number of nitrogens with zero attached hydrogens (tertiary/aromatic N) is 5. The molecule has 3 N–H and O–H groups in total. The summed E-state index contributed by atoms with van der Waals surface area (Å²) < 4.78 is 75.3. The van der Waals surface area contributed by atoms with E-state index in [1.165, 1.54) is 29.5 Å². The number of amides is 2. The molecule has 1 fully saturated rings. The van der Waals surface area contributed by atoms with E-state index >= 15 is 0 Å². The molecule has 0 unspecified atom stereocenters. The Bertz CT molecular complexity index is 1880. The van der Waals surface area contributed by atoms with Gasteiger partial charge in [0.1, 0.15) is 18.5 Å². The van der Waals surface area contributed by atoms with Crippen LogP contribution in [-0.4, -0.2) is 55.9 Å². The van der Waals surface area contributed by atoms with Gasteiger partial charge < -0.3 is 15.8 Å². The fourth-order valence-electron chi connectivity index (χ4n) is 5.87. The van der Waals surface area contributed by atoms with Crippen LogP contribution in [0, 0.1) is 5.92 Å². The van der Waals surface area contributed by atoms with Crippen LogP contribution in [0.5, 0.6) is 0 Å². The van der Waals surface area contributed by atoms with E-state index in [1.54, 1.807) is 0 Å². The van der Waals surface area contributed by atoms with Crippen molar-refractivity contribution in [2.75, 3.05) is 6.61 Å². The molecule has 1 aliphatic carbocycles. The summed E-state index contributed by atoms with van der Waals surface area (Å²) in [4.78, 5) is 37.5. The molecule has 0 radical (unpaired) electrons. The molecule has 1 aliphatic heterocycles. The first kappa shape index (κ1) is 33.6. The second-order valence-corrected chi connectivity index (χ2v) is 13.6. The molecular weight excluding hydrogens is 681 g/mol. The summed E-state index contributed by atoms with van der Waals surface area (Å²) in [7, 11) is 0. The third-order valence-electron chi connectivity index (χ3n) is 8.33. The maximum absolute atomic E-state index is 14.7. The van der Waals surface area contributed by atoms with Gasteiger partial charge in [0.25, 0.3) is 12.3 Å². The first-order chi connectivity index (χ1) is 22.7. The van der Waals surface area contributed by atoms with E-state index in [1.807, 2.05) is 49.5 Å². The number of alkyl halides is 5. The zero-order valence-electron chi connectivity index (χ0n) is 25.5. The molecule has 0 bridgehead atoms. The quantitative estimate of drug-likeness (QED) is 0.170. The molecule has 2 aromatic heterocycles. The third-order valence-corrected chi connectivity index (χ3v) is 9.92. The molecule has 0 spiro atoms. The smallest absolute Gasteiger partial charge is 0.411 e. The normalized spacial score (nSPS) is 19.7. The fourth-order valence-corrected chi connectivity index (χ4v) is 7.26. The van der Waals surface area contributed by atoms with Gasteiger partial charge in [-0.3, -0.25) is 9.69 Å². The Morgan fingerprint density at radius 2 is 1.90 bits per heavy atom. The number of benzene rings is 2. The van der Waals surface area contributed by atoms with E-state index in [2.05, 4.69) is 10.1 Å². The van der Waals surface area contributed by atoms with Gasteiger partial charge in [0.05, 0.1) is 16.8 Å². The first-order valence-corrected chi connectivity index (χ1v) is 16.0. The van der Waals surface area contributed by atoms with Crippen molar-refractivity contribution in [3.63, 3.8) is 0 Å². The standard InChI is InChI=1S/C31H29ClF5N7O3S/c1-16(2)13-30(23-12-18-5-3-4-6-22(18)48-23)26(45)43(27(38)41-30)21(14-47-28(46)42-29(9-10-29)31(35,36)37)17-7-8-19(32)20(11-17)44-25(24(33)34)39-15-40-44/h3-8,11-12,15-16,21,24H,9-10,13-14H2,1-2H3,(H2,38,41)(H,42,46)/t21-,30-/m1/s1. The van der Waals surface area contributed by atoms with Crippen LogP contribution < -0.4 is 11.1 Å². The zero-order valence-corrected chi connectivity index (χ0v) is 27.0. The summed E-state index contributed by atoms with van der Waals surface area (Å²) in [5.41, 5.74) is 2.78. The molecule has 2 aromatic carbocycles. The van der Waals surface area contributed by atoms with Crippen molar-refractivity contribution in [2.24, 2.45) is 16.6 Å². The molecule has 3 heterocycles. The molecule has 254 valence electrons. The molecule has 2 atom stereocenters. The van der Waals surface area contributed by atoms with Crippen LogP contribution in [-0.2, 0) is 15.1 Å². The average molecular weight is 710 g/mol. The van der Waals surface area contributed by atoms with Gasteiger partial charge in [-0.2, -0.15) is 18.3 Å². The van der Waals surface area contributed by atoms with Crippen molar-refractivity contribution in [1.82, 2.24) is 25.0 Å². The van der Waals surface area contributed by atoms with Crippen LogP contribution in [0.1, 0.15) is 61.8 Å². The van der Waals surface area contributed by atoms with Gasteiger partial charge in [-0.25, -0.2) is 28.2 Å². The Labute approximate surface area is 279 Å². The third kappa shape index (κ3) is 5.95. The Morgan fingerprint density at radius 1 is 1.17 bits per heavy atom. The zero-order chi connectivity index (χ0) is 34.6. The van der Waals surface area contributed by atoms with E-state index < -0.39 is 54.2 Å². The Kier molecular flexibility index (Phi) is 8.60. The Morgan fingerprint density at radius 3 is 2.54 bits per heavy atom. The number of nitrogens with one attached hydrogen (secondary N) is 1. The number of fused-ring (bicyclic) bond motifs is 1. The average Bonchev–Trinajstić information content (AvgIpc) is 3.34. The topological polar surface area (TPSA) is 128 Å². The monoisotopic (exact) mass is 709 g/mol. The lowest BCUT2D eigenvalue weighted by Gasteiger charge is -2.32. The molecule has 4 aromatic rings. The minimum atomic E-state index is -4.70. The van der Waals surface area contributed by atoms with Crippen molar-refractivity contribution < 1.29 is 36.3 Å². The number of carbonyl (C=O) groups excluding carboxylic acids is 2. The maximum atomic E-state index is 14.7. The molecule has 0 saturated heterocycles. The molecule has 10 nitrogen and oxygen atoms in total. The highest BCUT2D eigenvalue weighted by atomic mass is 35.5. The van der Waals surface area contributed by atoms with Crippen molar-refractivity contribution >= 4 is 51.0 Å². The maximum Gasteiger partial charge on any atom is 0.411 e. The summed E-state index contributed by atoms with van der Waals surface area (Å²) in [6.45, 7) is 3.16. The SMILES string of the molecule is CC(C)C[C@]1(c2cc3ccccc3s2)N=C(N)N([C@H](COC(=O)NC2(C(F)(F)F)CC2)c2ccc(Cl)c(-n3ncnc3C(F)F)c2)C1=O. The van der Waals surface area contributed by atoms with Gasteiger partial charge in [-0.1, -0.05) is 49.7 Å². The molecule has 17 heteroatoms. The Hall–Kier alpha value is -4.31. The summed E-state index contributed by atoms with van der Waals surface area (Å²) >= 11 is 7.77. The van der Waals surface area contributed by atoms with Crippen LogP contribution in [0.25, 0.3) is 15.8 Å². The number of thiophene rings is 1. The number of ether oxygens (including phenoxy) is 1. The summed E-state index contributed by atoms with van der Waals surface area (Å²) in [6.07, 6.45) is -8.52. The van der Waals surface area contributed by atoms with Crippen LogP contribution in [0.15, 0.2) is 59.9 Å². The molecule has 2 aliphatic rings. The number of hydrogen-bond donors (Lipinski definition) is 2. The molecule has 1 saturated carbocycles. The number of halogens is 6. The van der Waals surface area contributed by atoms with Gasteiger partial charge >= 0.3 is 12.3 Å². The van der Waals surface area contributed by atoms with E-state index in [-0.39, 0.29) is 47.4 Å². The summed E-state index contributed by atoms with van der Waals surface area (Å²) in [6, 6.07) is 12.3. The van der Waals surface area contributed by atoms with Gasteiger partial charge in [0.15, 0.2) is 17.3 Å². The van der Waals surface area contributed by atoms with Gasteiger partial charge in [0, 0.05) is 9.58 Å². The predicted octanol–water partition coefficient (Wildman–Crippen LogP) is 7.03. The van der Waals surface area contributed by atoms with E-state index in [4.69, 9.17) is 27.1 Å². The second kappa shape index (κ2) is 12.3. The molecule has 6 rings (SSSR count). The Balaban J connectivity index is 1.41. The highest BCUT2D eigenvalue weighted by Gasteiger charge is 2.64. The van der Waals surface area contributed by atoms with E-state index in [0.717, 1.165) is 26.0 Å². The van der Waals surface area contributed by atoms with Gasteiger partial charge in [0.2, 0.25) is 0 Å². The second-order valence-electron chi connectivity index (χ2n) is 12.1. The van der Waals surface area contributed by atoms with Crippen molar-refractivity contribution in [3.8, 4) is 5.69 Å². The largest absolute Gasteiger partial charge is 0.447 e. The lowest BCUT2D eigenvalue weighted by atomic mass is 9.86. The molecule has 48 heavy (non-hydrogen) atoms. The summed E-state index contributed by atoms with van der Waals surface area (Å²) in [5.74, 6) is -1.54. The highest BCUT2D eigenvalue weighted by Crippen LogP contribution is 2.49. The number of aliphatic imine (C=N–C) groups is 1. The minimum Gasteiger partial charge on any atom is -0.447 e. The van der Waals surface area contributed by atoms with Gasteiger partial charge in [-0.05, 0) is 60.4 Å². The van der Waals surface area contributed by atoms with Crippen LogP contribution in [0.3, 0.4) is 0 Å². The molecular formula is C31H29ClF5N7O3S. The molecule has 2 amide bonds. The van der Waals surface area contributed by atoms with Crippen molar-refractivity contribution in [1.29, 1.82) is 0 Å². The first-order valence-electron chi connectivity index (χ1n) is 14.8. The van der Waals surface area contributed by atoms with E-state index in [0.29, 0.717) is 4.88 Å². The predicted molar refractivity (Wildman–Crippen MR) is 168 cm³/mol. The van der Waals surface area contributed by atoms with Crippen LogP contribution in [0.4, 0.5) is 26.7 Å². The minimum absolute atomic E-state index is 0.00164. The van der Waals surface area contributed by atoms with Crippen molar-refractivity contribution in [2.45, 2.75) is 62.8 Å². The number of aromatic nitrogens is 3. The number of guanidine groups is 1. The van der Waals surface area contributed by atoms with Crippen molar-refractivity contribution in [3.05, 3.63) is 76.1 Å². The van der Waals surface area contributed by atoms with Crippen LogP contribution in [0.2, 0.25) is 5.02 Å². The van der Waals surface area contributed by atoms with Gasteiger partial charge in [-0.15, -0.1) is 11.3 Å². The van der Waals surface area contributed by atoms with E-state index in [9.17, 15) is 31.5 Å². The number of nitrogens with two attached hydrogens (primary N) is 1. The summed E-state index contributed by atoms with van der Waals surface area (Å²) in [5, 5.41) is 6.65. The number of rotatable bonds is 10. The number of alkyl carbamates (subject to hydrolysis) is 1.